The predicted molar refractivity (Wildman–Crippen MR) is 85.1 cm³/mol. The molecule has 1 aromatic carbocycles. The Balaban J connectivity index is 1.86. The fourth-order valence-corrected chi connectivity index (χ4v) is 2.84. The molecule has 112 valence electrons. The lowest BCUT2D eigenvalue weighted by molar-refractivity contribution is 0.00598. The van der Waals surface area contributed by atoms with Crippen LogP contribution in [0.15, 0.2) is 24.3 Å². The average molecular weight is 276 g/mol. The summed E-state index contributed by atoms with van der Waals surface area (Å²) in [6.45, 7) is 4.11. The molecule has 1 N–H and O–H groups in total. The van der Waals surface area contributed by atoms with E-state index in [0.29, 0.717) is 12.1 Å². The van der Waals surface area contributed by atoms with Gasteiger partial charge in [-0.2, -0.15) is 0 Å². The van der Waals surface area contributed by atoms with Crippen LogP contribution in [0.5, 0.6) is 0 Å². The van der Waals surface area contributed by atoms with Crippen molar-refractivity contribution >= 4 is 5.69 Å². The lowest BCUT2D eigenvalue weighted by atomic mass is 10.00. The van der Waals surface area contributed by atoms with Gasteiger partial charge >= 0.3 is 0 Å². The molecule has 2 rings (SSSR count). The molecular formula is C17H28N2O. The molecule has 1 aromatic rings. The zero-order valence-corrected chi connectivity index (χ0v) is 13.1. The minimum absolute atomic E-state index is 0.444. The Hall–Kier alpha value is -1.06. The van der Waals surface area contributed by atoms with Gasteiger partial charge in [0.2, 0.25) is 0 Å². The van der Waals surface area contributed by atoms with E-state index in [4.69, 9.17) is 4.74 Å². The number of nitrogens with one attached hydrogen (secondary N) is 1. The first-order valence-electron chi connectivity index (χ1n) is 7.79. The third-order valence-electron chi connectivity index (χ3n) is 3.80. The summed E-state index contributed by atoms with van der Waals surface area (Å²) in [6.07, 6.45) is 5.07. The second-order valence-corrected chi connectivity index (χ2v) is 6.08. The molecule has 0 amide bonds. The summed E-state index contributed by atoms with van der Waals surface area (Å²) in [5.74, 6) is 0. The summed E-state index contributed by atoms with van der Waals surface area (Å²) in [7, 11) is 4.20. The van der Waals surface area contributed by atoms with E-state index in [1.54, 1.807) is 0 Å². The maximum atomic E-state index is 5.80. The van der Waals surface area contributed by atoms with Crippen LogP contribution in [-0.2, 0) is 11.3 Å². The first-order chi connectivity index (χ1) is 9.67. The molecule has 0 radical (unpaired) electrons. The minimum atomic E-state index is 0.444. The smallest absolute Gasteiger partial charge is 0.0594 e. The molecule has 1 saturated heterocycles. The molecule has 2 unspecified atom stereocenters. The summed E-state index contributed by atoms with van der Waals surface area (Å²) < 4.78 is 5.80. The molecule has 0 aliphatic carbocycles. The summed E-state index contributed by atoms with van der Waals surface area (Å²) in [5, 5.41) is 3.66. The van der Waals surface area contributed by atoms with Crippen molar-refractivity contribution in [2.75, 3.05) is 26.0 Å². The van der Waals surface area contributed by atoms with Crippen molar-refractivity contribution in [3.05, 3.63) is 29.8 Å². The molecule has 20 heavy (non-hydrogen) atoms. The average Bonchev–Trinajstić information content (AvgIpc) is 2.41. The van der Waals surface area contributed by atoms with E-state index in [1.807, 2.05) is 0 Å². The van der Waals surface area contributed by atoms with Crippen LogP contribution in [0.25, 0.3) is 0 Å². The number of anilines is 1. The Morgan fingerprint density at radius 3 is 2.65 bits per heavy atom. The fraction of sp³-hybridized carbons (Fsp3) is 0.647. The topological polar surface area (TPSA) is 24.5 Å². The van der Waals surface area contributed by atoms with Crippen LogP contribution in [0.1, 0.15) is 38.2 Å². The largest absolute Gasteiger partial charge is 0.382 e. The van der Waals surface area contributed by atoms with E-state index in [-0.39, 0.29) is 0 Å². The van der Waals surface area contributed by atoms with Gasteiger partial charge in [-0.25, -0.2) is 0 Å². The standard InChI is InChI=1S/C17H28N2O/c1-4-5-17-12-16(10-11-20-17)18-15-8-6-14(7-9-15)13-19(2)3/h6-9,16-18H,4-5,10-13H2,1-3H3. The van der Waals surface area contributed by atoms with Crippen molar-refractivity contribution in [2.24, 2.45) is 0 Å². The monoisotopic (exact) mass is 276 g/mol. The molecule has 1 aliphatic rings. The highest BCUT2D eigenvalue weighted by atomic mass is 16.5. The van der Waals surface area contributed by atoms with Gasteiger partial charge in [0.15, 0.2) is 0 Å². The molecular weight excluding hydrogens is 248 g/mol. The molecule has 3 heteroatoms. The normalized spacial score (nSPS) is 23.0. The highest BCUT2D eigenvalue weighted by Gasteiger charge is 2.21. The minimum Gasteiger partial charge on any atom is -0.382 e. The van der Waals surface area contributed by atoms with Gasteiger partial charge in [-0.3, -0.25) is 0 Å². The molecule has 3 nitrogen and oxygen atoms in total. The van der Waals surface area contributed by atoms with Gasteiger partial charge in [-0.15, -0.1) is 0 Å². The van der Waals surface area contributed by atoms with Crippen LogP contribution in [0.4, 0.5) is 5.69 Å². The molecule has 0 aromatic heterocycles. The van der Waals surface area contributed by atoms with Crippen molar-refractivity contribution in [3.8, 4) is 0 Å². The van der Waals surface area contributed by atoms with E-state index in [2.05, 4.69) is 55.5 Å². The Morgan fingerprint density at radius 2 is 2.00 bits per heavy atom. The SMILES string of the molecule is CCCC1CC(Nc2ccc(CN(C)C)cc2)CCO1. The van der Waals surface area contributed by atoms with Crippen molar-refractivity contribution in [3.63, 3.8) is 0 Å². The highest BCUT2D eigenvalue weighted by molar-refractivity contribution is 5.45. The maximum absolute atomic E-state index is 5.80. The Labute approximate surface area is 123 Å². The summed E-state index contributed by atoms with van der Waals surface area (Å²) in [5.41, 5.74) is 2.59. The molecule has 0 spiro atoms. The molecule has 0 saturated carbocycles. The Morgan fingerprint density at radius 1 is 1.25 bits per heavy atom. The Kier molecular flexibility index (Phi) is 5.86. The predicted octanol–water partition coefficient (Wildman–Crippen LogP) is 3.51. The zero-order valence-electron chi connectivity index (χ0n) is 13.1. The first-order valence-corrected chi connectivity index (χ1v) is 7.79. The summed E-state index contributed by atoms with van der Waals surface area (Å²) >= 11 is 0. The first kappa shape index (κ1) is 15.3. The number of benzene rings is 1. The van der Waals surface area contributed by atoms with E-state index in [9.17, 15) is 0 Å². The van der Waals surface area contributed by atoms with Gasteiger partial charge in [0.1, 0.15) is 0 Å². The van der Waals surface area contributed by atoms with E-state index in [1.165, 1.54) is 24.1 Å². The summed E-state index contributed by atoms with van der Waals surface area (Å²) in [6, 6.07) is 9.38. The number of ether oxygens (including phenoxy) is 1. The van der Waals surface area contributed by atoms with Crippen molar-refractivity contribution in [1.82, 2.24) is 4.90 Å². The molecule has 0 bridgehead atoms. The zero-order chi connectivity index (χ0) is 14.4. The van der Waals surface area contributed by atoms with Gasteiger partial charge < -0.3 is 15.0 Å². The van der Waals surface area contributed by atoms with Crippen LogP contribution in [0, 0.1) is 0 Å². The number of hydrogen-bond donors (Lipinski definition) is 1. The van der Waals surface area contributed by atoms with E-state index in [0.717, 1.165) is 26.0 Å². The molecule has 1 aliphatic heterocycles. The van der Waals surface area contributed by atoms with Crippen molar-refractivity contribution in [2.45, 2.75) is 51.3 Å². The fourth-order valence-electron chi connectivity index (χ4n) is 2.84. The van der Waals surface area contributed by atoms with Crippen molar-refractivity contribution < 1.29 is 4.74 Å². The highest BCUT2D eigenvalue weighted by Crippen LogP contribution is 2.21. The lowest BCUT2D eigenvalue weighted by Crippen LogP contribution is -2.33. The van der Waals surface area contributed by atoms with Gasteiger partial charge in [-0.1, -0.05) is 25.5 Å². The van der Waals surface area contributed by atoms with Crippen LogP contribution in [-0.4, -0.2) is 37.7 Å². The molecule has 1 fully saturated rings. The lowest BCUT2D eigenvalue weighted by Gasteiger charge is -2.30. The molecule has 2 atom stereocenters. The Bertz CT molecular complexity index is 386. The van der Waals surface area contributed by atoms with Gasteiger partial charge in [0, 0.05) is 24.9 Å². The van der Waals surface area contributed by atoms with Crippen LogP contribution < -0.4 is 5.32 Å². The van der Waals surface area contributed by atoms with Gasteiger partial charge in [-0.05, 0) is 51.1 Å². The van der Waals surface area contributed by atoms with Crippen LogP contribution in [0.3, 0.4) is 0 Å². The second kappa shape index (κ2) is 7.65. The third-order valence-corrected chi connectivity index (χ3v) is 3.80. The number of rotatable bonds is 6. The third kappa shape index (κ3) is 4.80. The van der Waals surface area contributed by atoms with Crippen LogP contribution >= 0.6 is 0 Å². The van der Waals surface area contributed by atoms with E-state index < -0.39 is 0 Å². The van der Waals surface area contributed by atoms with Gasteiger partial charge in [0.05, 0.1) is 6.10 Å². The van der Waals surface area contributed by atoms with Gasteiger partial charge in [0.25, 0.3) is 0 Å². The van der Waals surface area contributed by atoms with Crippen molar-refractivity contribution in [1.29, 1.82) is 0 Å². The quantitative estimate of drug-likeness (QED) is 0.860. The molecule has 1 heterocycles. The van der Waals surface area contributed by atoms with E-state index >= 15 is 0 Å². The maximum Gasteiger partial charge on any atom is 0.0594 e. The van der Waals surface area contributed by atoms with Crippen LogP contribution in [0.2, 0.25) is 0 Å². The number of nitrogens with zero attached hydrogens (tertiary/aromatic N) is 1. The second-order valence-electron chi connectivity index (χ2n) is 6.08. The number of hydrogen-bond acceptors (Lipinski definition) is 3. The summed E-state index contributed by atoms with van der Waals surface area (Å²) in [4.78, 5) is 2.19.